The normalized spacial score (nSPS) is 14.7. The van der Waals surface area contributed by atoms with Crippen molar-refractivity contribution < 1.29 is 9.59 Å². The SMILES string of the molecule is Cc1ccsc1CN(CCN(C)C)C(=O)C1=NNC(=O)CC1. The second kappa shape index (κ2) is 7.51. The van der Waals surface area contributed by atoms with E-state index in [-0.39, 0.29) is 11.8 Å². The Kier molecular flexibility index (Phi) is 5.68. The molecule has 2 rings (SSSR count). The minimum Gasteiger partial charge on any atom is -0.331 e. The van der Waals surface area contributed by atoms with Crippen molar-refractivity contribution in [3.05, 3.63) is 21.9 Å². The third kappa shape index (κ3) is 4.38. The van der Waals surface area contributed by atoms with E-state index in [0.717, 1.165) is 6.54 Å². The molecule has 1 aliphatic heterocycles. The van der Waals surface area contributed by atoms with Crippen molar-refractivity contribution in [1.29, 1.82) is 0 Å². The highest BCUT2D eigenvalue weighted by atomic mass is 32.1. The second-order valence-electron chi connectivity index (χ2n) is 5.65. The zero-order valence-electron chi connectivity index (χ0n) is 13.3. The van der Waals surface area contributed by atoms with Crippen molar-refractivity contribution in [2.45, 2.75) is 26.3 Å². The van der Waals surface area contributed by atoms with Gasteiger partial charge in [-0.2, -0.15) is 5.10 Å². The topological polar surface area (TPSA) is 65.0 Å². The minimum atomic E-state index is -0.134. The maximum atomic E-state index is 12.7. The summed E-state index contributed by atoms with van der Waals surface area (Å²) in [7, 11) is 3.97. The Hall–Kier alpha value is -1.73. The van der Waals surface area contributed by atoms with E-state index < -0.39 is 0 Å². The molecular formula is C15H22N4O2S. The smallest absolute Gasteiger partial charge is 0.270 e. The quantitative estimate of drug-likeness (QED) is 0.856. The molecule has 2 amide bonds. The fourth-order valence-corrected chi connectivity index (χ4v) is 3.04. The van der Waals surface area contributed by atoms with Gasteiger partial charge in [0.25, 0.3) is 5.91 Å². The lowest BCUT2D eigenvalue weighted by molar-refractivity contribution is -0.125. The van der Waals surface area contributed by atoms with Gasteiger partial charge in [0.1, 0.15) is 5.71 Å². The number of carbonyl (C=O) groups is 2. The highest BCUT2D eigenvalue weighted by molar-refractivity contribution is 7.10. The molecule has 1 aromatic rings. The van der Waals surface area contributed by atoms with Gasteiger partial charge in [-0.05, 0) is 38.0 Å². The van der Waals surface area contributed by atoms with E-state index in [1.165, 1.54) is 10.4 Å². The van der Waals surface area contributed by atoms with Crippen LogP contribution >= 0.6 is 11.3 Å². The molecule has 0 atom stereocenters. The molecule has 2 heterocycles. The maximum absolute atomic E-state index is 12.7. The Bertz CT molecular complexity index is 580. The molecule has 7 heteroatoms. The van der Waals surface area contributed by atoms with Gasteiger partial charge in [0.15, 0.2) is 0 Å². The molecule has 0 unspecified atom stereocenters. The van der Waals surface area contributed by atoms with Gasteiger partial charge < -0.3 is 9.80 Å². The van der Waals surface area contributed by atoms with Crippen molar-refractivity contribution in [1.82, 2.24) is 15.2 Å². The number of rotatable bonds is 6. The van der Waals surface area contributed by atoms with Gasteiger partial charge in [-0.15, -0.1) is 11.3 Å². The van der Waals surface area contributed by atoms with Gasteiger partial charge in [0, 0.05) is 30.8 Å². The summed E-state index contributed by atoms with van der Waals surface area (Å²) in [6, 6.07) is 2.06. The van der Waals surface area contributed by atoms with Crippen LogP contribution in [-0.4, -0.2) is 54.5 Å². The van der Waals surface area contributed by atoms with Crippen molar-refractivity contribution in [2.24, 2.45) is 5.10 Å². The predicted molar refractivity (Wildman–Crippen MR) is 87.8 cm³/mol. The van der Waals surface area contributed by atoms with E-state index in [4.69, 9.17) is 0 Å². The van der Waals surface area contributed by atoms with Gasteiger partial charge >= 0.3 is 0 Å². The highest BCUT2D eigenvalue weighted by Gasteiger charge is 2.24. The summed E-state index contributed by atoms with van der Waals surface area (Å²) >= 11 is 1.66. The van der Waals surface area contributed by atoms with Crippen LogP contribution < -0.4 is 5.43 Å². The van der Waals surface area contributed by atoms with Crippen LogP contribution in [0.3, 0.4) is 0 Å². The van der Waals surface area contributed by atoms with E-state index in [1.807, 2.05) is 29.3 Å². The molecule has 120 valence electrons. The molecule has 1 N–H and O–H groups in total. The molecule has 22 heavy (non-hydrogen) atoms. The Morgan fingerprint density at radius 1 is 1.36 bits per heavy atom. The van der Waals surface area contributed by atoms with Crippen LogP contribution in [0.25, 0.3) is 0 Å². The third-order valence-corrected chi connectivity index (χ3v) is 4.57. The number of hydrogen-bond acceptors (Lipinski definition) is 5. The molecule has 0 saturated heterocycles. The third-order valence-electron chi connectivity index (χ3n) is 3.56. The first-order valence-corrected chi connectivity index (χ1v) is 8.17. The van der Waals surface area contributed by atoms with Gasteiger partial charge in [-0.25, -0.2) is 5.43 Å². The number of nitrogens with zero attached hydrogens (tertiary/aromatic N) is 3. The van der Waals surface area contributed by atoms with E-state index in [1.54, 1.807) is 11.3 Å². The summed E-state index contributed by atoms with van der Waals surface area (Å²) in [4.78, 5) is 28.9. The van der Waals surface area contributed by atoms with Crippen molar-refractivity contribution in [2.75, 3.05) is 27.2 Å². The fourth-order valence-electron chi connectivity index (χ4n) is 2.12. The van der Waals surface area contributed by atoms with Gasteiger partial charge in [-0.3, -0.25) is 9.59 Å². The molecule has 0 bridgehead atoms. The van der Waals surface area contributed by atoms with Crippen molar-refractivity contribution in [3.63, 3.8) is 0 Å². The summed E-state index contributed by atoms with van der Waals surface area (Å²) < 4.78 is 0. The number of amides is 2. The maximum Gasteiger partial charge on any atom is 0.270 e. The number of hydrazone groups is 1. The Labute approximate surface area is 134 Å². The first-order valence-electron chi connectivity index (χ1n) is 7.29. The Morgan fingerprint density at radius 2 is 2.14 bits per heavy atom. The van der Waals surface area contributed by atoms with Crippen LogP contribution in [0.1, 0.15) is 23.3 Å². The van der Waals surface area contributed by atoms with Gasteiger partial charge in [0.05, 0.1) is 6.54 Å². The average molecular weight is 322 g/mol. The molecular weight excluding hydrogens is 300 g/mol. The monoisotopic (exact) mass is 322 g/mol. The van der Waals surface area contributed by atoms with Crippen LogP contribution in [0.15, 0.2) is 16.5 Å². The molecule has 1 aromatic heterocycles. The Morgan fingerprint density at radius 3 is 2.68 bits per heavy atom. The Balaban J connectivity index is 2.11. The summed E-state index contributed by atoms with van der Waals surface area (Å²) in [6.45, 7) is 4.06. The molecule has 0 aliphatic carbocycles. The fraction of sp³-hybridized carbons (Fsp3) is 0.533. The molecule has 6 nitrogen and oxygen atoms in total. The molecule has 0 radical (unpaired) electrons. The largest absolute Gasteiger partial charge is 0.331 e. The van der Waals surface area contributed by atoms with Crippen LogP contribution in [-0.2, 0) is 16.1 Å². The van der Waals surface area contributed by atoms with E-state index >= 15 is 0 Å². The van der Waals surface area contributed by atoms with Crippen LogP contribution in [0.2, 0.25) is 0 Å². The zero-order valence-corrected chi connectivity index (χ0v) is 14.1. The van der Waals surface area contributed by atoms with Crippen LogP contribution in [0.4, 0.5) is 0 Å². The average Bonchev–Trinajstić information content (AvgIpc) is 2.88. The summed E-state index contributed by atoms with van der Waals surface area (Å²) in [5, 5.41) is 5.97. The first kappa shape index (κ1) is 16.6. The number of aryl methyl sites for hydroxylation is 1. The number of likely N-dealkylation sites (N-methyl/N-ethyl adjacent to an activating group) is 1. The lowest BCUT2D eigenvalue weighted by Gasteiger charge is -2.25. The van der Waals surface area contributed by atoms with Crippen molar-refractivity contribution >= 4 is 28.9 Å². The molecule has 1 aliphatic rings. The molecule has 0 fully saturated rings. The number of hydrogen-bond donors (Lipinski definition) is 1. The van der Waals surface area contributed by atoms with E-state index in [9.17, 15) is 9.59 Å². The second-order valence-corrected chi connectivity index (χ2v) is 6.65. The van der Waals surface area contributed by atoms with E-state index in [0.29, 0.717) is 31.6 Å². The molecule has 0 saturated carbocycles. The number of carbonyl (C=O) groups excluding carboxylic acids is 2. The van der Waals surface area contributed by atoms with E-state index in [2.05, 4.69) is 23.5 Å². The van der Waals surface area contributed by atoms with Crippen molar-refractivity contribution in [3.8, 4) is 0 Å². The van der Waals surface area contributed by atoms with Crippen LogP contribution in [0, 0.1) is 6.92 Å². The van der Waals surface area contributed by atoms with Crippen LogP contribution in [0.5, 0.6) is 0 Å². The summed E-state index contributed by atoms with van der Waals surface area (Å²) in [5.41, 5.74) is 4.03. The summed E-state index contributed by atoms with van der Waals surface area (Å²) in [5.74, 6) is -0.222. The lowest BCUT2D eigenvalue weighted by atomic mass is 10.1. The highest BCUT2D eigenvalue weighted by Crippen LogP contribution is 2.18. The first-order chi connectivity index (χ1) is 10.5. The number of nitrogens with one attached hydrogen (secondary N) is 1. The van der Waals surface area contributed by atoms with Gasteiger partial charge in [-0.1, -0.05) is 0 Å². The number of thiophene rings is 1. The standard InChI is InChI=1S/C15H22N4O2S/c1-11-6-9-22-13(11)10-19(8-7-18(2)3)15(21)12-4-5-14(20)17-16-12/h6,9H,4-5,7-8,10H2,1-3H3,(H,17,20). The minimum absolute atomic E-state index is 0.0883. The van der Waals surface area contributed by atoms with Gasteiger partial charge in [0.2, 0.25) is 5.91 Å². The zero-order chi connectivity index (χ0) is 16.1. The predicted octanol–water partition coefficient (Wildman–Crippen LogP) is 1.21. The lowest BCUT2D eigenvalue weighted by Crippen LogP contribution is -2.42. The summed E-state index contributed by atoms with van der Waals surface area (Å²) in [6.07, 6.45) is 0.733. The molecule has 0 spiro atoms. The molecule has 0 aromatic carbocycles.